The molecule has 0 aromatic rings. The third kappa shape index (κ3) is 17.6. The molecule has 0 heterocycles. The summed E-state index contributed by atoms with van der Waals surface area (Å²) in [6, 6.07) is -6.91. The summed E-state index contributed by atoms with van der Waals surface area (Å²) >= 11 is 0. The number of carboxylic acid groups (broad SMARTS) is 3. The van der Waals surface area contributed by atoms with Crippen LogP contribution >= 0.6 is 0 Å². The fourth-order valence-corrected chi connectivity index (χ4v) is 3.54. The number of ketones is 1. The maximum atomic E-state index is 13.0. The lowest BCUT2D eigenvalue weighted by Gasteiger charge is -2.25. The molecule has 0 aromatic carbocycles. The number of aliphatic carboxylic acids is 3. The first-order chi connectivity index (χ1) is 20.8. The van der Waals surface area contributed by atoms with Crippen LogP contribution in [0.3, 0.4) is 0 Å². The summed E-state index contributed by atoms with van der Waals surface area (Å²) in [7, 11) is 0. The van der Waals surface area contributed by atoms with E-state index >= 15 is 0 Å². The monoisotopic (exact) mass is 644 g/mol. The van der Waals surface area contributed by atoms with Gasteiger partial charge < -0.3 is 47.2 Å². The molecule has 0 unspecified atom stereocenters. The quantitative estimate of drug-likeness (QED) is 0.0594. The third-order valence-corrected chi connectivity index (χ3v) is 5.92. The van der Waals surface area contributed by atoms with Crippen molar-refractivity contribution < 1.29 is 63.3 Å². The molecule has 0 rings (SSSR count). The van der Waals surface area contributed by atoms with Crippen molar-refractivity contribution in [2.24, 2.45) is 0 Å². The number of amides is 6. The highest BCUT2D eigenvalue weighted by molar-refractivity contribution is 5.96. The topological polar surface area (TPSA) is 304 Å². The largest absolute Gasteiger partial charge is 0.481 e. The van der Waals surface area contributed by atoms with Crippen molar-refractivity contribution in [3.05, 3.63) is 0 Å². The van der Waals surface area contributed by atoms with Gasteiger partial charge in [-0.2, -0.15) is 0 Å². The minimum atomic E-state index is -1.52. The zero-order valence-electron chi connectivity index (χ0n) is 25.3. The van der Waals surface area contributed by atoms with Crippen molar-refractivity contribution >= 4 is 59.1 Å². The molecule has 5 atom stereocenters. The zero-order chi connectivity index (χ0) is 34.9. The Morgan fingerprint density at radius 2 is 0.822 bits per heavy atom. The first kappa shape index (κ1) is 39.9. The predicted octanol–water partition coefficient (Wildman–Crippen LogP) is -3.23. The highest BCUT2D eigenvalue weighted by Gasteiger charge is 2.30. The van der Waals surface area contributed by atoms with Crippen molar-refractivity contribution in [3.63, 3.8) is 0 Å². The Balaban J connectivity index is 5.55. The van der Waals surface area contributed by atoms with Gasteiger partial charge in [-0.3, -0.25) is 47.9 Å². The number of hydrogen-bond donors (Lipinski definition) is 9. The van der Waals surface area contributed by atoms with Crippen molar-refractivity contribution in [3.8, 4) is 0 Å². The molecular weight excluding hydrogens is 604 g/mol. The van der Waals surface area contributed by atoms with E-state index in [0.29, 0.717) is 0 Å². The Labute approximate surface area is 257 Å². The van der Waals surface area contributed by atoms with Gasteiger partial charge in [0.15, 0.2) is 0 Å². The Morgan fingerprint density at radius 1 is 0.489 bits per heavy atom. The van der Waals surface area contributed by atoms with Crippen molar-refractivity contribution in [1.29, 1.82) is 0 Å². The summed E-state index contributed by atoms with van der Waals surface area (Å²) in [5.41, 5.74) is 0. The van der Waals surface area contributed by atoms with Crippen molar-refractivity contribution in [2.45, 2.75) is 96.4 Å². The van der Waals surface area contributed by atoms with Gasteiger partial charge in [-0.1, -0.05) is 0 Å². The number of Topliss-reactive ketones (excluding diaryl/α,β-unsaturated/α-hetero) is 1. The molecule has 0 aliphatic carbocycles. The molecule has 0 bridgehead atoms. The van der Waals surface area contributed by atoms with E-state index in [2.05, 4.69) is 31.9 Å². The molecule has 0 aliphatic heterocycles. The van der Waals surface area contributed by atoms with E-state index in [1.165, 1.54) is 20.8 Å². The van der Waals surface area contributed by atoms with Gasteiger partial charge in [0.2, 0.25) is 35.4 Å². The molecule has 0 saturated carbocycles. The highest BCUT2D eigenvalue weighted by atomic mass is 16.4. The lowest BCUT2D eigenvalue weighted by atomic mass is 10.1. The molecule has 0 fully saturated rings. The number of rotatable bonds is 21. The average molecular weight is 645 g/mol. The van der Waals surface area contributed by atoms with E-state index in [1.54, 1.807) is 0 Å². The molecule has 19 heteroatoms. The van der Waals surface area contributed by atoms with E-state index in [9.17, 15) is 47.9 Å². The third-order valence-electron chi connectivity index (χ3n) is 5.92. The fourth-order valence-electron chi connectivity index (χ4n) is 3.54. The maximum absolute atomic E-state index is 13.0. The standard InChI is InChI=1S/C26H40N6O13/c1-12(33)11-27-24(43)16(5-8-19(35)36)31-22(41)13(2)29-26(45)18(7-10-21(39)40)32-23(42)14(3)28-25(44)17(30-15(4)34)6-9-20(37)38/h13-14,16-18H,5-11H2,1-4H3,(H,27,43)(H,28,44)(H,29,45)(H,30,34)(H,31,41)(H,32,42)(H,35,36)(H,37,38)(H,39,40)/t13-,14-,16-,17-,18-/m0/s1. The Hall–Kier alpha value is -5.10. The molecule has 0 aliphatic rings. The van der Waals surface area contributed by atoms with E-state index in [1.807, 2.05) is 0 Å². The molecule has 6 amide bonds. The van der Waals surface area contributed by atoms with Crippen LogP contribution in [-0.2, 0) is 47.9 Å². The van der Waals surface area contributed by atoms with Crippen LogP contribution in [0.2, 0.25) is 0 Å². The lowest BCUT2D eigenvalue weighted by molar-refractivity contribution is -0.139. The summed E-state index contributed by atoms with van der Waals surface area (Å²) in [4.78, 5) is 119. The Kier molecular flexibility index (Phi) is 17.7. The highest BCUT2D eigenvalue weighted by Crippen LogP contribution is 2.04. The number of nitrogens with one attached hydrogen (secondary N) is 6. The second-order valence-electron chi connectivity index (χ2n) is 10.1. The fraction of sp³-hybridized carbons (Fsp3) is 0.615. The summed E-state index contributed by atoms with van der Waals surface area (Å²) in [6.45, 7) is 4.34. The van der Waals surface area contributed by atoms with E-state index in [4.69, 9.17) is 15.3 Å². The first-order valence-corrected chi connectivity index (χ1v) is 13.7. The predicted molar refractivity (Wildman–Crippen MR) is 151 cm³/mol. The van der Waals surface area contributed by atoms with E-state index < -0.39 is 115 Å². The second kappa shape index (κ2) is 20.0. The van der Waals surface area contributed by atoms with Crippen LogP contribution in [0.1, 0.15) is 66.2 Å². The molecular formula is C26H40N6O13. The van der Waals surface area contributed by atoms with Gasteiger partial charge in [-0.15, -0.1) is 0 Å². The number of carboxylic acids is 3. The van der Waals surface area contributed by atoms with E-state index in [-0.39, 0.29) is 19.4 Å². The second-order valence-corrected chi connectivity index (χ2v) is 10.1. The van der Waals surface area contributed by atoms with Crippen LogP contribution in [0.5, 0.6) is 0 Å². The van der Waals surface area contributed by atoms with Gasteiger partial charge in [-0.05, 0) is 40.0 Å². The molecule has 0 aromatic heterocycles. The summed E-state index contributed by atoms with van der Waals surface area (Å²) in [6.07, 6.45) is -2.63. The van der Waals surface area contributed by atoms with Gasteiger partial charge >= 0.3 is 17.9 Å². The summed E-state index contributed by atoms with van der Waals surface area (Å²) in [5.74, 6) is -9.48. The first-order valence-electron chi connectivity index (χ1n) is 13.7. The van der Waals surface area contributed by atoms with Crippen LogP contribution < -0.4 is 31.9 Å². The van der Waals surface area contributed by atoms with Gasteiger partial charge in [-0.25, -0.2) is 0 Å². The van der Waals surface area contributed by atoms with Crippen LogP contribution in [-0.4, -0.2) is 111 Å². The molecule has 9 N–H and O–H groups in total. The molecule has 19 nitrogen and oxygen atoms in total. The molecule has 0 radical (unpaired) electrons. The van der Waals surface area contributed by atoms with Gasteiger partial charge in [0.05, 0.1) is 6.54 Å². The molecule has 45 heavy (non-hydrogen) atoms. The van der Waals surface area contributed by atoms with Crippen LogP contribution in [0.4, 0.5) is 0 Å². The number of carbonyl (C=O) groups is 10. The van der Waals surface area contributed by atoms with Gasteiger partial charge in [0.25, 0.3) is 0 Å². The smallest absolute Gasteiger partial charge is 0.303 e. The molecule has 0 spiro atoms. The van der Waals surface area contributed by atoms with Gasteiger partial charge in [0.1, 0.15) is 36.0 Å². The van der Waals surface area contributed by atoms with Crippen LogP contribution in [0, 0.1) is 0 Å². The Bertz CT molecular complexity index is 1160. The van der Waals surface area contributed by atoms with Crippen LogP contribution in [0.25, 0.3) is 0 Å². The number of carbonyl (C=O) groups excluding carboxylic acids is 7. The zero-order valence-corrected chi connectivity index (χ0v) is 25.3. The summed E-state index contributed by atoms with van der Waals surface area (Å²) in [5, 5.41) is 40.5. The maximum Gasteiger partial charge on any atom is 0.303 e. The molecule has 0 saturated heterocycles. The normalized spacial score (nSPS) is 13.8. The number of hydrogen-bond acceptors (Lipinski definition) is 10. The van der Waals surface area contributed by atoms with Crippen LogP contribution in [0.15, 0.2) is 0 Å². The Morgan fingerprint density at radius 3 is 1.13 bits per heavy atom. The summed E-state index contributed by atoms with van der Waals surface area (Å²) < 4.78 is 0. The minimum Gasteiger partial charge on any atom is -0.481 e. The van der Waals surface area contributed by atoms with Gasteiger partial charge in [0, 0.05) is 26.2 Å². The van der Waals surface area contributed by atoms with Crippen molar-refractivity contribution in [1.82, 2.24) is 31.9 Å². The minimum absolute atomic E-state index is 0.283. The molecule has 252 valence electrons. The van der Waals surface area contributed by atoms with E-state index in [0.717, 1.165) is 6.92 Å². The van der Waals surface area contributed by atoms with Crippen molar-refractivity contribution in [2.75, 3.05) is 6.54 Å². The SMILES string of the molecule is CC(=O)CNC(=O)[C@H](CCC(=O)O)NC(=O)[C@H](C)NC(=O)[C@H](CCC(=O)O)NC(=O)[C@H](C)NC(=O)[C@H](CCC(=O)O)NC(C)=O. The lowest BCUT2D eigenvalue weighted by Crippen LogP contribution is -2.58. The average Bonchev–Trinajstić information content (AvgIpc) is 2.92.